The first kappa shape index (κ1) is 33.3. The molecule has 0 aliphatic carbocycles. The summed E-state index contributed by atoms with van der Waals surface area (Å²) in [5.74, 6) is 3.60. The molecule has 49 heavy (non-hydrogen) atoms. The highest BCUT2D eigenvalue weighted by atomic mass is 35.5. The molecule has 252 valence electrons. The van der Waals surface area contributed by atoms with E-state index in [9.17, 15) is 0 Å². The Hall–Kier alpha value is -5.63. The molecule has 2 fully saturated rings. The molecule has 8 rings (SSSR count). The van der Waals surface area contributed by atoms with Crippen LogP contribution in [0, 0.1) is 0 Å². The Morgan fingerprint density at radius 1 is 0.490 bits per heavy atom. The van der Waals surface area contributed by atoms with Crippen LogP contribution in [0.3, 0.4) is 0 Å². The van der Waals surface area contributed by atoms with E-state index in [2.05, 4.69) is 110 Å². The van der Waals surface area contributed by atoms with E-state index in [0.717, 1.165) is 63.5 Å². The number of hydrogen-bond acceptors (Lipinski definition) is 14. The van der Waals surface area contributed by atoms with Crippen molar-refractivity contribution in [3.05, 3.63) is 84.2 Å². The lowest BCUT2D eigenvalue weighted by Gasteiger charge is -2.32. The van der Waals surface area contributed by atoms with Crippen LogP contribution in [0.15, 0.2) is 73.1 Å². The van der Waals surface area contributed by atoms with Gasteiger partial charge >= 0.3 is 0 Å². The van der Waals surface area contributed by atoms with Gasteiger partial charge in [0.1, 0.15) is 11.6 Å². The molecule has 14 nitrogen and oxygen atoms in total. The van der Waals surface area contributed by atoms with Gasteiger partial charge in [0.05, 0.1) is 12.4 Å². The summed E-state index contributed by atoms with van der Waals surface area (Å²) < 4.78 is 0. The summed E-state index contributed by atoms with van der Waals surface area (Å²) in [5.41, 5.74) is 27.7. The standard InChI is InChI=1S/2C17H19N7.ClH/c2*18-15-14-16(23-17(19)22-15)20-10-13(21-14)24-8-6-12(7-9-24)11-4-2-1-3-5-11;/h2*1-5,10,12H,6-9H2,(H4,18,19,20,22,23);1H. The molecule has 0 spiro atoms. The van der Waals surface area contributed by atoms with E-state index in [4.69, 9.17) is 22.9 Å². The third-order valence-corrected chi connectivity index (χ3v) is 9.06. The third kappa shape index (κ3) is 7.44. The van der Waals surface area contributed by atoms with E-state index in [1.165, 1.54) is 11.1 Å². The van der Waals surface area contributed by atoms with E-state index in [-0.39, 0.29) is 35.9 Å². The predicted molar refractivity (Wildman–Crippen MR) is 196 cm³/mol. The van der Waals surface area contributed by atoms with Crippen molar-refractivity contribution in [1.29, 1.82) is 0 Å². The molecule has 0 amide bonds. The zero-order chi connectivity index (χ0) is 33.0. The lowest BCUT2D eigenvalue weighted by molar-refractivity contribution is 0.502. The maximum absolute atomic E-state index is 5.90. The molecule has 2 aliphatic heterocycles. The molecule has 6 aromatic rings. The van der Waals surface area contributed by atoms with Crippen molar-refractivity contribution in [3.63, 3.8) is 0 Å². The Morgan fingerprint density at radius 3 is 1.22 bits per heavy atom. The topological polar surface area (TPSA) is 214 Å². The first-order chi connectivity index (χ1) is 23.4. The quantitative estimate of drug-likeness (QED) is 0.204. The van der Waals surface area contributed by atoms with Crippen LogP contribution >= 0.6 is 12.4 Å². The van der Waals surface area contributed by atoms with Gasteiger partial charge in [0.15, 0.2) is 34.0 Å². The summed E-state index contributed by atoms with van der Waals surface area (Å²) in [5, 5.41) is 0. The second-order valence-electron chi connectivity index (χ2n) is 12.1. The van der Waals surface area contributed by atoms with E-state index < -0.39 is 0 Å². The lowest BCUT2D eigenvalue weighted by Crippen LogP contribution is -2.33. The highest BCUT2D eigenvalue weighted by Gasteiger charge is 2.23. The molecule has 2 aliphatic rings. The smallest absolute Gasteiger partial charge is 0.224 e. The van der Waals surface area contributed by atoms with Crippen LogP contribution in [0.4, 0.5) is 35.2 Å². The largest absolute Gasteiger partial charge is 0.382 e. The van der Waals surface area contributed by atoms with Crippen LogP contribution in [0.2, 0.25) is 0 Å². The van der Waals surface area contributed by atoms with Crippen LogP contribution in [-0.2, 0) is 0 Å². The number of aromatic nitrogens is 8. The van der Waals surface area contributed by atoms with Gasteiger partial charge in [0.25, 0.3) is 0 Å². The molecular formula is C34H39ClN14. The molecule has 2 aromatic carbocycles. The zero-order valence-electron chi connectivity index (χ0n) is 26.9. The monoisotopic (exact) mass is 678 g/mol. The molecule has 8 N–H and O–H groups in total. The zero-order valence-corrected chi connectivity index (χ0v) is 27.7. The van der Waals surface area contributed by atoms with Crippen LogP contribution in [0.5, 0.6) is 0 Å². The number of rotatable bonds is 4. The SMILES string of the molecule is Cl.Nc1nc(N)c2nc(N3CCC(c4ccccc4)CC3)cnc2n1.Nc1nc(N)c2nc(N3CCC(c4ccccc4)CC3)cnc2n1. The fourth-order valence-corrected chi connectivity index (χ4v) is 6.51. The Balaban J connectivity index is 0.000000167. The average Bonchev–Trinajstić information content (AvgIpc) is 3.12. The number of hydrogen-bond donors (Lipinski definition) is 4. The molecule has 0 unspecified atom stereocenters. The normalized spacial score (nSPS) is 15.4. The summed E-state index contributed by atoms with van der Waals surface area (Å²) in [6.45, 7) is 3.76. The second-order valence-corrected chi connectivity index (χ2v) is 12.1. The van der Waals surface area contributed by atoms with Gasteiger partial charge in [-0.1, -0.05) is 60.7 Å². The Kier molecular flexibility index (Phi) is 9.95. The van der Waals surface area contributed by atoms with Crippen molar-refractivity contribution in [1.82, 2.24) is 39.9 Å². The van der Waals surface area contributed by atoms with E-state index >= 15 is 0 Å². The number of nitrogens with zero attached hydrogens (tertiary/aromatic N) is 10. The van der Waals surface area contributed by atoms with Gasteiger partial charge in [-0.25, -0.2) is 19.9 Å². The van der Waals surface area contributed by atoms with Crippen molar-refractivity contribution < 1.29 is 0 Å². The minimum Gasteiger partial charge on any atom is -0.382 e. The highest BCUT2D eigenvalue weighted by molar-refractivity contribution is 5.85. The van der Waals surface area contributed by atoms with Crippen molar-refractivity contribution >= 4 is 69.9 Å². The molecule has 6 heterocycles. The van der Waals surface area contributed by atoms with Crippen LogP contribution in [0.25, 0.3) is 22.3 Å². The summed E-state index contributed by atoms with van der Waals surface area (Å²) in [6.07, 6.45) is 7.85. The Morgan fingerprint density at radius 2 is 0.857 bits per heavy atom. The Labute approximate surface area is 289 Å². The number of nitrogen functional groups attached to an aromatic ring is 4. The van der Waals surface area contributed by atoms with Gasteiger partial charge in [-0.3, -0.25) is 0 Å². The van der Waals surface area contributed by atoms with Crippen LogP contribution in [0.1, 0.15) is 48.6 Å². The number of nitrogens with two attached hydrogens (primary N) is 4. The van der Waals surface area contributed by atoms with Crippen LogP contribution in [-0.4, -0.2) is 66.1 Å². The van der Waals surface area contributed by atoms with Gasteiger partial charge in [-0.05, 0) is 48.6 Å². The minimum absolute atomic E-state index is 0. The minimum atomic E-state index is 0. The maximum Gasteiger partial charge on any atom is 0.224 e. The van der Waals surface area contributed by atoms with Gasteiger partial charge in [0.2, 0.25) is 11.9 Å². The number of anilines is 6. The molecule has 0 radical (unpaired) electrons. The highest BCUT2D eigenvalue weighted by Crippen LogP contribution is 2.31. The molecule has 4 aromatic heterocycles. The van der Waals surface area contributed by atoms with Crippen molar-refractivity contribution in [2.75, 3.05) is 58.9 Å². The molecule has 15 heteroatoms. The van der Waals surface area contributed by atoms with E-state index in [1.807, 2.05) is 0 Å². The van der Waals surface area contributed by atoms with Crippen molar-refractivity contribution in [3.8, 4) is 0 Å². The summed E-state index contributed by atoms with van der Waals surface area (Å²) in [6, 6.07) is 21.4. The second kappa shape index (κ2) is 14.6. The molecule has 0 bridgehead atoms. The van der Waals surface area contributed by atoms with E-state index in [0.29, 0.717) is 34.2 Å². The number of benzene rings is 2. The fraction of sp³-hybridized carbons (Fsp3) is 0.294. The number of piperidine rings is 2. The average molecular weight is 679 g/mol. The van der Waals surface area contributed by atoms with Gasteiger partial charge in [0, 0.05) is 26.2 Å². The maximum atomic E-state index is 5.90. The number of fused-ring (bicyclic) bond motifs is 2. The van der Waals surface area contributed by atoms with Gasteiger partial charge < -0.3 is 32.7 Å². The summed E-state index contributed by atoms with van der Waals surface area (Å²) in [7, 11) is 0. The Bertz CT molecular complexity index is 1870. The first-order valence-electron chi connectivity index (χ1n) is 16.1. The molecule has 0 saturated carbocycles. The molecule has 2 saturated heterocycles. The molecule has 0 atom stereocenters. The molecular weight excluding hydrogens is 640 g/mol. The predicted octanol–water partition coefficient (Wildman–Crippen LogP) is 4.36. The van der Waals surface area contributed by atoms with E-state index in [1.54, 1.807) is 12.4 Å². The van der Waals surface area contributed by atoms with Crippen molar-refractivity contribution in [2.45, 2.75) is 37.5 Å². The third-order valence-electron chi connectivity index (χ3n) is 9.06. The summed E-state index contributed by atoms with van der Waals surface area (Å²) >= 11 is 0. The first-order valence-corrected chi connectivity index (χ1v) is 16.1. The number of halogens is 1. The van der Waals surface area contributed by atoms with Gasteiger partial charge in [-0.15, -0.1) is 12.4 Å². The fourth-order valence-electron chi connectivity index (χ4n) is 6.51. The summed E-state index contributed by atoms with van der Waals surface area (Å²) in [4.78, 5) is 38.4. The lowest BCUT2D eigenvalue weighted by atomic mass is 9.89. The van der Waals surface area contributed by atoms with Crippen molar-refractivity contribution in [2.24, 2.45) is 0 Å². The van der Waals surface area contributed by atoms with Gasteiger partial charge in [-0.2, -0.15) is 19.9 Å². The van der Waals surface area contributed by atoms with Crippen LogP contribution < -0.4 is 32.7 Å².